The van der Waals surface area contributed by atoms with Gasteiger partial charge >= 0.3 is 0 Å². The van der Waals surface area contributed by atoms with Gasteiger partial charge in [0.25, 0.3) is 0 Å². The number of aryl methyl sites for hydroxylation is 1. The minimum atomic E-state index is -0.334. The van der Waals surface area contributed by atoms with Crippen molar-refractivity contribution in [2.45, 2.75) is 53.4 Å². The van der Waals surface area contributed by atoms with Crippen LogP contribution in [0.3, 0.4) is 0 Å². The predicted octanol–water partition coefficient (Wildman–Crippen LogP) is 5.55. The van der Waals surface area contributed by atoms with Crippen LogP contribution in [0.4, 0.5) is 0 Å². The summed E-state index contributed by atoms with van der Waals surface area (Å²) in [6.07, 6.45) is 2.77. The number of phenols is 2. The van der Waals surface area contributed by atoms with E-state index in [0.29, 0.717) is 46.9 Å². The molecule has 3 rings (SSSR count). The molecule has 0 saturated carbocycles. The van der Waals surface area contributed by atoms with Crippen molar-refractivity contribution in [3.63, 3.8) is 0 Å². The number of methoxy groups -OCH3 is 2. The van der Waals surface area contributed by atoms with Crippen LogP contribution in [0.5, 0.6) is 23.0 Å². The van der Waals surface area contributed by atoms with Gasteiger partial charge in [0.1, 0.15) is 28.1 Å². The Kier molecular flexibility index (Phi) is 6.68. The highest BCUT2D eigenvalue weighted by Gasteiger charge is 2.24. The molecule has 3 aromatic rings. The summed E-state index contributed by atoms with van der Waals surface area (Å²) in [4.78, 5) is 13.6. The Balaban J connectivity index is 2.38. The standard InChI is InChI=1S/C25H32O6/c1-13(2)7-9-15-18(29-5)12-20-22(23(15)27)24(28)21-16(10-8-14(3)4)25(30-6)17(26)11-19(21)31-20/h11-14,26-27H,7-10H2,1-6H3. The average molecular weight is 429 g/mol. The van der Waals surface area contributed by atoms with Crippen LogP contribution in [0.1, 0.15) is 51.7 Å². The van der Waals surface area contributed by atoms with E-state index < -0.39 is 0 Å². The molecule has 0 bridgehead atoms. The SMILES string of the molecule is COc1cc2oc3cc(O)c(OC)c(CCC(C)C)c3c(=O)c2c(O)c1CCC(C)C. The van der Waals surface area contributed by atoms with Crippen LogP contribution in [0, 0.1) is 11.8 Å². The molecule has 6 nitrogen and oxygen atoms in total. The van der Waals surface area contributed by atoms with Crippen LogP contribution >= 0.6 is 0 Å². The summed E-state index contributed by atoms with van der Waals surface area (Å²) in [5, 5.41) is 22.0. The van der Waals surface area contributed by atoms with E-state index >= 15 is 0 Å². The summed E-state index contributed by atoms with van der Waals surface area (Å²) >= 11 is 0. The Morgan fingerprint density at radius 2 is 1.45 bits per heavy atom. The maximum Gasteiger partial charge on any atom is 0.204 e. The zero-order valence-electron chi connectivity index (χ0n) is 19.2. The molecule has 0 saturated heterocycles. The number of hydrogen-bond acceptors (Lipinski definition) is 6. The van der Waals surface area contributed by atoms with Crippen molar-refractivity contribution in [2.24, 2.45) is 11.8 Å². The molecule has 2 N–H and O–H groups in total. The van der Waals surface area contributed by atoms with Gasteiger partial charge in [-0.1, -0.05) is 27.7 Å². The van der Waals surface area contributed by atoms with Crippen LogP contribution in [0.15, 0.2) is 21.3 Å². The van der Waals surface area contributed by atoms with Gasteiger partial charge in [-0.3, -0.25) is 4.79 Å². The molecule has 2 aromatic carbocycles. The Morgan fingerprint density at radius 3 is 2.00 bits per heavy atom. The van der Waals surface area contributed by atoms with Gasteiger partial charge in [0, 0.05) is 23.3 Å². The van der Waals surface area contributed by atoms with E-state index in [1.165, 1.54) is 20.3 Å². The highest BCUT2D eigenvalue weighted by molar-refractivity contribution is 5.97. The molecule has 0 atom stereocenters. The Morgan fingerprint density at radius 1 is 0.871 bits per heavy atom. The van der Waals surface area contributed by atoms with E-state index in [1.54, 1.807) is 6.07 Å². The quantitative estimate of drug-likeness (QED) is 0.457. The molecule has 168 valence electrons. The molecular weight excluding hydrogens is 396 g/mol. The fourth-order valence-electron chi connectivity index (χ4n) is 3.97. The van der Waals surface area contributed by atoms with Crippen molar-refractivity contribution in [1.82, 2.24) is 0 Å². The number of hydrogen-bond donors (Lipinski definition) is 2. The summed E-state index contributed by atoms with van der Waals surface area (Å²) in [6, 6.07) is 3.03. The maximum absolute atomic E-state index is 13.6. The van der Waals surface area contributed by atoms with Crippen LogP contribution < -0.4 is 14.9 Å². The first-order chi connectivity index (χ1) is 14.7. The molecule has 0 spiro atoms. The molecule has 0 aliphatic carbocycles. The van der Waals surface area contributed by atoms with Gasteiger partial charge in [-0.15, -0.1) is 0 Å². The second-order valence-electron chi connectivity index (χ2n) is 8.86. The number of phenolic OH excluding ortho intramolecular Hbond substituents is 2. The Hall–Kier alpha value is -2.89. The first kappa shape index (κ1) is 22.8. The fourth-order valence-corrected chi connectivity index (χ4v) is 3.97. The van der Waals surface area contributed by atoms with Crippen molar-refractivity contribution in [3.05, 3.63) is 33.5 Å². The van der Waals surface area contributed by atoms with E-state index in [2.05, 4.69) is 27.7 Å². The van der Waals surface area contributed by atoms with Crippen molar-refractivity contribution in [1.29, 1.82) is 0 Å². The lowest BCUT2D eigenvalue weighted by molar-refractivity contribution is 0.368. The van der Waals surface area contributed by atoms with E-state index in [0.717, 1.165) is 12.8 Å². The molecule has 0 fully saturated rings. The number of aromatic hydroxyl groups is 2. The third-order valence-electron chi connectivity index (χ3n) is 5.69. The summed E-state index contributed by atoms with van der Waals surface area (Å²) in [5.74, 6) is 1.39. The van der Waals surface area contributed by atoms with Gasteiger partial charge in [-0.05, 0) is 37.5 Å². The highest BCUT2D eigenvalue weighted by Crippen LogP contribution is 2.41. The first-order valence-electron chi connectivity index (χ1n) is 10.8. The van der Waals surface area contributed by atoms with Crippen LogP contribution in [-0.4, -0.2) is 24.4 Å². The third kappa shape index (κ3) is 4.29. The second kappa shape index (κ2) is 9.08. The van der Waals surface area contributed by atoms with E-state index in [9.17, 15) is 15.0 Å². The minimum Gasteiger partial charge on any atom is -0.507 e. The fraction of sp³-hybridized carbons (Fsp3) is 0.480. The minimum absolute atomic E-state index is 0.0824. The topological polar surface area (TPSA) is 89.1 Å². The maximum atomic E-state index is 13.6. The van der Waals surface area contributed by atoms with Crippen LogP contribution in [0.25, 0.3) is 21.9 Å². The highest BCUT2D eigenvalue weighted by atomic mass is 16.5. The zero-order chi connectivity index (χ0) is 22.9. The first-order valence-corrected chi connectivity index (χ1v) is 10.8. The van der Waals surface area contributed by atoms with Crippen molar-refractivity contribution < 1.29 is 24.1 Å². The number of rotatable bonds is 8. The summed E-state index contributed by atoms with van der Waals surface area (Å²) in [6.45, 7) is 8.39. The zero-order valence-corrected chi connectivity index (χ0v) is 19.2. The van der Waals surface area contributed by atoms with Crippen LogP contribution in [-0.2, 0) is 12.8 Å². The van der Waals surface area contributed by atoms with Crippen LogP contribution in [0.2, 0.25) is 0 Å². The van der Waals surface area contributed by atoms with Gasteiger partial charge in [0.2, 0.25) is 5.43 Å². The van der Waals surface area contributed by atoms with Gasteiger partial charge in [-0.25, -0.2) is 0 Å². The van der Waals surface area contributed by atoms with E-state index in [1.807, 2.05) is 0 Å². The number of ether oxygens (including phenoxy) is 2. The molecule has 31 heavy (non-hydrogen) atoms. The Labute approximate surface area is 182 Å². The van der Waals surface area contributed by atoms with Gasteiger partial charge < -0.3 is 24.1 Å². The molecule has 6 heteroatoms. The Bertz CT molecular complexity index is 1160. The summed E-state index contributed by atoms with van der Waals surface area (Å²) < 4.78 is 16.9. The van der Waals surface area contributed by atoms with Crippen molar-refractivity contribution >= 4 is 21.9 Å². The largest absolute Gasteiger partial charge is 0.507 e. The van der Waals surface area contributed by atoms with Gasteiger partial charge in [0.05, 0.1) is 19.6 Å². The van der Waals surface area contributed by atoms with Crippen molar-refractivity contribution in [3.8, 4) is 23.0 Å². The van der Waals surface area contributed by atoms with E-state index in [-0.39, 0.29) is 39.2 Å². The van der Waals surface area contributed by atoms with E-state index in [4.69, 9.17) is 13.9 Å². The molecule has 0 amide bonds. The van der Waals surface area contributed by atoms with Gasteiger partial charge in [0.15, 0.2) is 11.5 Å². The molecule has 0 aliphatic heterocycles. The molecule has 1 aromatic heterocycles. The normalized spacial score (nSPS) is 11.7. The summed E-state index contributed by atoms with van der Waals surface area (Å²) in [5.41, 5.74) is 1.34. The monoisotopic (exact) mass is 428 g/mol. The third-order valence-corrected chi connectivity index (χ3v) is 5.69. The molecule has 0 unspecified atom stereocenters. The van der Waals surface area contributed by atoms with Crippen molar-refractivity contribution in [2.75, 3.05) is 14.2 Å². The molecule has 0 radical (unpaired) electrons. The lowest BCUT2D eigenvalue weighted by Gasteiger charge is -2.17. The number of benzene rings is 2. The second-order valence-corrected chi connectivity index (χ2v) is 8.86. The lowest BCUT2D eigenvalue weighted by atomic mass is 9.95. The number of fused-ring (bicyclic) bond motifs is 2. The molecule has 1 heterocycles. The molecule has 0 aliphatic rings. The molecular formula is C25H32O6. The lowest BCUT2D eigenvalue weighted by Crippen LogP contribution is -2.09. The predicted molar refractivity (Wildman–Crippen MR) is 123 cm³/mol. The van der Waals surface area contributed by atoms with Gasteiger partial charge in [-0.2, -0.15) is 0 Å². The smallest absolute Gasteiger partial charge is 0.204 e. The average Bonchev–Trinajstić information content (AvgIpc) is 2.70. The summed E-state index contributed by atoms with van der Waals surface area (Å²) in [7, 11) is 2.99.